The van der Waals surface area contributed by atoms with Gasteiger partial charge in [0.25, 0.3) is 5.97 Å². The molecule has 3 N–H and O–H groups in total. The molecule has 9 heavy (non-hydrogen) atoms. The molecule has 0 saturated heterocycles. The van der Waals surface area contributed by atoms with Gasteiger partial charge in [-0.15, -0.1) is 0 Å². The summed E-state index contributed by atoms with van der Waals surface area (Å²) >= 11 is 0. The molecule has 4 heteroatoms. The van der Waals surface area contributed by atoms with Crippen LogP contribution >= 0.6 is 0 Å². The second-order valence-electron chi connectivity index (χ2n) is 1.67. The van der Waals surface area contributed by atoms with Gasteiger partial charge in [-0.25, -0.2) is 0 Å². The van der Waals surface area contributed by atoms with E-state index in [-0.39, 0.29) is 19.6 Å². The molecule has 0 rings (SSSR count). The molecule has 0 heterocycles. The smallest absolute Gasteiger partial charge is 0.277 e. The first-order valence-electron chi connectivity index (χ1n) is 2.82. The van der Waals surface area contributed by atoms with Crippen molar-refractivity contribution in [2.75, 3.05) is 13.2 Å². The van der Waals surface area contributed by atoms with Gasteiger partial charge < -0.3 is 20.1 Å². The normalized spacial score (nSPS) is 12.0. The molecule has 0 aliphatic carbocycles. The molecule has 0 fully saturated rings. The molecule has 0 radical (unpaired) electrons. The number of hydrogen-bond acceptors (Lipinski definition) is 4. The van der Waals surface area contributed by atoms with Crippen LogP contribution < -0.4 is 0 Å². The summed E-state index contributed by atoms with van der Waals surface area (Å²) < 4.78 is 4.39. The average molecular weight is 136 g/mol. The van der Waals surface area contributed by atoms with E-state index in [0.717, 1.165) is 0 Å². The van der Waals surface area contributed by atoms with Crippen molar-refractivity contribution in [3.8, 4) is 0 Å². The maximum absolute atomic E-state index is 8.68. The van der Waals surface area contributed by atoms with Gasteiger partial charge in [0, 0.05) is 6.42 Å². The van der Waals surface area contributed by atoms with Crippen LogP contribution in [-0.4, -0.2) is 34.5 Å². The summed E-state index contributed by atoms with van der Waals surface area (Å²) in [5.41, 5.74) is 0. The number of aliphatic hydroxyl groups is 3. The molecule has 0 aromatic carbocycles. The van der Waals surface area contributed by atoms with Gasteiger partial charge in [-0.2, -0.15) is 0 Å². The van der Waals surface area contributed by atoms with Crippen molar-refractivity contribution in [3.05, 3.63) is 0 Å². The maximum atomic E-state index is 8.68. The monoisotopic (exact) mass is 136 g/mol. The van der Waals surface area contributed by atoms with E-state index < -0.39 is 5.97 Å². The Bertz CT molecular complexity index is 71.4. The minimum Gasteiger partial charge on any atom is -0.394 e. The van der Waals surface area contributed by atoms with E-state index in [2.05, 4.69) is 4.74 Å². The van der Waals surface area contributed by atoms with E-state index in [1.807, 2.05) is 0 Å². The van der Waals surface area contributed by atoms with E-state index in [9.17, 15) is 0 Å². The van der Waals surface area contributed by atoms with Gasteiger partial charge in [0.15, 0.2) is 0 Å². The number of rotatable bonds is 4. The molecule has 0 aliphatic rings. The van der Waals surface area contributed by atoms with Crippen LogP contribution in [0.5, 0.6) is 0 Å². The molecule has 0 aromatic rings. The van der Waals surface area contributed by atoms with Crippen LogP contribution in [0, 0.1) is 0 Å². The zero-order valence-electron chi connectivity index (χ0n) is 5.37. The van der Waals surface area contributed by atoms with Crippen molar-refractivity contribution in [3.63, 3.8) is 0 Å². The Balaban J connectivity index is 3.33. The van der Waals surface area contributed by atoms with E-state index in [1.54, 1.807) is 6.92 Å². The number of aliphatic hydroxyl groups excluding tert-OH is 1. The first kappa shape index (κ1) is 8.84. The predicted octanol–water partition coefficient (Wildman–Crippen LogP) is -0.956. The lowest BCUT2D eigenvalue weighted by atomic mass is 10.4. The molecule has 0 atom stereocenters. The van der Waals surface area contributed by atoms with Gasteiger partial charge in [-0.3, -0.25) is 0 Å². The predicted molar refractivity (Wildman–Crippen MR) is 30.5 cm³/mol. The molecule has 0 saturated carbocycles. The molecule has 56 valence electrons. The van der Waals surface area contributed by atoms with Crippen LogP contribution in [0.25, 0.3) is 0 Å². The van der Waals surface area contributed by atoms with Gasteiger partial charge in [0.1, 0.15) is 0 Å². The van der Waals surface area contributed by atoms with Crippen molar-refractivity contribution >= 4 is 0 Å². The first-order valence-corrected chi connectivity index (χ1v) is 2.82. The van der Waals surface area contributed by atoms with Crippen molar-refractivity contribution < 1.29 is 20.1 Å². The van der Waals surface area contributed by atoms with Gasteiger partial charge >= 0.3 is 0 Å². The summed E-state index contributed by atoms with van der Waals surface area (Å²) in [6, 6.07) is 0. The fourth-order valence-corrected chi connectivity index (χ4v) is 0.311. The molecule has 0 amide bonds. The Hall–Kier alpha value is -0.160. The third kappa shape index (κ3) is 4.35. The number of ether oxygens (including phenoxy) is 1. The molecule has 4 nitrogen and oxygen atoms in total. The number of hydrogen-bond donors (Lipinski definition) is 3. The standard InChI is InChI=1S/C5H12O4/c1-2-5(7,8)9-4-3-6/h6-8H,2-4H2,1H3. The lowest BCUT2D eigenvalue weighted by Gasteiger charge is -2.18. The lowest BCUT2D eigenvalue weighted by Crippen LogP contribution is -2.31. The van der Waals surface area contributed by atoms with Crippen LogP contribution in [0.2, 0.25) is 0 Å². The quantitative estimate of drug-likeness (QED) is 0.435. The Morgan fingerprint density at radius 1 is 1.44 bits per heavy atom. The fourth-order valence-electron chi connectivity index (χ4n) is 0.311. The van der Waals surface area contributed by atoms with Gasteiger partial charge in [-0.05, 0) is 0 Å². The third-order valence-corrected chi connectivity index (χ3v) is 0.885. The summed E-state index contributed by atoms with van der Waals surface area (Å²) in [5.74, 6) is -2.07. The van der Waals surface area contributed by atoms with Crippen molar-refractivity contribution in [2.45, 2.75) is 19.3 Å². The van der Waals surface area contributed by atoms with Crippen molar-refractivity contribution in [1.82, 2.24) is 0 Å². The van der Waals surface area contributed by atoms with Gasteiger partial charge in [-0.1, -0.05) is 6.92 Å². The summed E-state index contributed by atoms with van der Waals surface area (Å²) in [5, 5.41) is 25.5. The maximum Gasteiger partial charge on any atom is 0.277 e. The van der Waals surface area contributed by atoms with E-state index >= 15 is 0 Å². The highest BCUT2D eigenvalue weighted by molar-refractivity contribution is 4.43. The van der Waals surface area contributed by atoms with Crippen LogP contribution in [0.15, 0.2) is 0 Å². The average Bonchev–Trinajstić information content (AvgIpc) is 1.84. The molecular formula is C5H12O4. The first-order chi connectivity index (χ1) is 4.12. The van der Waals surface area contributed by atoms with E-state index in [1.165, 1.54) is 0 Å². The fraction of sp³-hybridized carbons (Fsp3) is 1.00. The Labute approximate surface area is 53.7 Å². The Kier molecular flexibility index (Phi) is 3.72. The zero-order chi connectivity index (χ0) is 7.33. The molecule has 0 spiro atoms. The minimum atomic E-state index is -2.07. The van der Waals surface area contributed by atoms with Gasteiger partial charge in [0.05, 0.1) is 13.2 Å². The molecule has 0 aromatic heterocycles. The Morgan fingerprint density at radius 3 is 2.33 bits per heavy atom. The molecular weight excluding hydrogens is 124 g/mol. The van der Waals surface area contributed by atoms with Crippen LogP contribution in [0.3, 0.4) is 0 Å². The van der Waals surface area contributed by atoms with Crippen LogP contribution in [0.1, 0.15) is 13.3 Å². The summed E-state index contributed by atoms with van der Waals surface area (Å²) in [6.45, 7) is 1.31. The second-order valence-corrected chi connectivity index (χ2v) is 1.67. The Morgan fingerprint density at radius 2 is 2.00 bits per heavy atom. The van der Waals surface area contributed by atoms with E-state index in [4.69, 9.17) is 15.3 Å². The van der Waals surface area contributed by atoms with Gasteiger partial charge in [0.2, 0.25) is 0 Å². The summed E-state index contributed by atoms with van der Waals surface area (Å²) in [4.78, 5) is 0. The molecule has 0 aliphatic heterocycles. The second kappa shape index (κ2) is 3.79. The molecule has 0 bridgehead atoms. The van der Waals surface area contributed by atoms with E-state index in [0.29, 0.717) is 0 Å². The van der Waals surface area contributed by atoms with Crippen LogP contribution in [0.4, 0.5) is 0 Å². The SMILES string of the molecule is CCC(O)(O)OCCO. The van der Waals surface area contributed by atoms with Crippen molar-refractivity contribution in [1.29, 1.82) is 0 Å². The highest BCUT2D eigenvalue weighted by Crippen LogP contribution is 2.05. The largest absolute Gasteiger partial charge is 0.394 e. The summed E-state index contributed by atoms with van der Waals surface area (Å²) in [7, 11) is 0. The lowest BCUT2D eigenvalue weighted by molar-refractivity contribution is -0.340. The summed E-state index contributed by atoms with van der Waals surface area (Å²) in [6.07, 6.45) is 0.0903. The third-order valence-electron chi connectivity index (χ3n) is 0.885. The highest BCUT2D eigenvalue weighted by Gasteiger charge is 2.19. The topological polar surface area (TPSA) is 69.9 Å². The zero-order valence-corrected chi connectivity index (χ0v) is 5.37. The van der Waals surface area contributed by atoms with Crippen molar-refractivity contribution in [2.24, 2.45) is 0 Å². The molecule has 0 unspecified atom stereocenters. The van der Waals surface area contributed by atoms with Crippen LogP contribution in [-0.2, 0) is 4.74 Å². The minimum absolute atomic E-state index is 0.0547. The highest BCUT2D eigenvalue weighted by atomic mass is 16.8.